The Kier molecular flexibility index (Phi) is 4.56. The number of carbonyl (C=O) groups is 1. The van der Waals surface area contributed by atoms with Crippen LogP contribution in [0.5, 0.6) is 0 Å². The lowest BCUT2D eigenvalue weighted by molar-refractivity contribution is -0.118. The Morgan fingerprint density at radius 2 is 1.76 bits per heavy atom. The first-order valence-corrected chi connectivity index (χ1v) is 8.33. The number of rotatable bonds is 1. The third-order valence-corrected chi connectivity index (χ3v) is 4.70. The number of nitrogens with one attached hydrogen (secondary N) is 2. The Hall–Kier alpha value is -2.33. The number of anilines is 2. The van der Waals surface area contributed by atoms with Gasteiger partial charge in [0.2, 0.25) is 0 Å². The third kappa shape index (κ3) is 3.27. The molecule has 130 valence electrons. The van der Waals surface area contributed by atoms with Crippen LogP contribution in [0.25, 0.3) is 0 Å². The maximum atomic E-state index is 13.0. The lowest BCUT2D eigenvalue weighted by atomic mass is 9.74. The minimum absolute atomic E-state index is 0. The molecule has 1 unspecified atom stereocenters. The fourth-order valence-electron chi connectivity index (χ4n) is 3.66. The highest BCUT2D eigenvalue weighted by Gasteiger charge is 2.38. The average molecular weight is 356 g/mol. The van der Waals surface area contributed by atoms with Gasteiger partial charge >= 0.3 is 0 Å². The molecule has 0 saturated carbocycles. The zero-order valence-electron chi connectivity index (χ0n) is 14.4. The van der Waals surface area contributed by atoms with E-state index >= 15 is 0 Å². The van der Waals surface area contributed by atoms with E-state index in [-0.39, 0.29) is 29.6 Å². The van der Waals surface area contributed by atoms with Gasteiger partial charge in [0.1, 0.15) is 0 Å². The first-order chi connectivity index (χ1) is 11.5. The van der Waals surface area contributed by atoms with Crippen LogP contribution in [-0.2, 0) is 4.79 Å². The number of nitrogens with zero attached hydrogens (tertiary/aromatic N) is 1. The molecule has 0 radical (unpaired) electrons. The maximum absolute atomic E-state index is 13.0. The molecule has 0 amide bonds. The van der Waals surface area contributed by atoms with Gasteiger partial charge in [0.15, 0.2) is 5.78 Å². The van der Waals surface area contributed by atoms with E-state index in [0.29, 0.717) is 6.42 Å². The molecule has 5 heteroatoms. The van der Waals surface area contributed by atoms with Gasteiger partial charge < -0.3 is 10.6 Å². The number of para-hydroxylation sites is 2. The molecule has 2 aliphatic rings. The summed E-state index contributed by atoms with van der Waals surface area (Å²) in [5, 5.41) is 7.04. The number of ketones is 1. The number of hydrogen-bond donors (Lipinski definition) is 2. The number of Topliss-reactive ketones (excluding diaryl/α,β-unsaturated/α-hetero) is 1. The van der Waals surface area contributed by atoms with Crippen LogP contribution in [0.2, 0.25) is 0 Å². The van der Waals surface area contributed by atoms with Gasteiger partial charge in [-0.2, -0.15) is 0 Å². The molecule has 1 aromatic carbocycles. The standard InChI is InChI=1S/C20H21N3O.ClH/c1-20(2)11-16-18(17(24)12-20)19(15-9-5-6-10-21-15)23-14-8-4-3-7-13(14)22-16;/h3-10,19,22-23H,11-12H2,1-2H3;1H. The summed E-state index contributed by atoms with van der Waals surface area (Å²) >= 11 is 0. The van der Waals surface area contributed by atoms with Gasteiger partial charge in [-0.3, -0.25) is 9.78 Å². The summed E-state index contributed by atoms with van der Waals surface area (Å²) < 4.78 is 0. The minimum atomic E-state index is -0.221. The van der Waals surface area contributed by atoms with Crippen molar-refractivity contribution >= 4 is 29.6 Å². The van der Waals surface area contributed by atoms with Crippen molar-refractivity contribution in [2.45, 2.75) is 32.7 Å². The Morgan fingerprint density at radius 1 is 1.04 bits per heavy atom. The quantitative estimate of drug-likeness (QED) is 0.776. The Morgan fingerprint density at radius 3 is 2.48 bits per heavy atom. The van der Waals surface area contributed by atoms with Crippen LogP contribution in [0.15, 0.2) is 59.9 Å². The summed E-state index contributed by atoms with van der Waals surface area (Å²) in [6, 6.07) is 13.7. The fourth-order valence-corrected chi connectivity index (χ4v) is 3.66. The molecule has 1 aliphatic heterocycles. The highest BCUT2D eigenvalue weighted by atomic mass is 35.5. The van der Waals surface area contributed by atoms with Crippen LogP contribution in [0.1, 0.15) is 38.4 Å². The lowest BCUT2D eigenvalue weighted by Crippen LogP contribution is -2.31. The van der Waals surface area contributed by atoms with Crippen molar-refractivity contribution in [1.82, 2.24) is 4.98 Å². The predicted octanol–water partition coefficient (Wildman–Crippen LogP) is 4.73. The monoisotopic (exact) mass is 355 g/mol. The normalized spacial score (nSPS) is 21.0. The highest BCUT2D eigenvalue weighted by Crippen LogP contribution is 2.44. The van der Waals surface area contributed by atoms with E-state index < -0.39 is 0 Å². The van der Waals surface area contributed by atoms with Crippen LogP contribution in [0.3, 0.4) is 0 Å². The average Bonchev–Trinajstić information content (AvgIpc) is 2.70. The fraction of sp³-hybridized carbons (Fsp3) is 0.300. The Labute approximate surface area is 154 Å². The first-order valence-electron chi connectivity index (χ1n) is 8.33. The summed E-state index contributed by atoms with van der Waals surface area (Å²) in [4.78, 5) is 17.5. The molecule has 2 N–H and O–H groups in total. The molecule has 4 rings (SSSR count). The van der Waals surface area contributed by atoms with Crippen LogP contribution in [-0.4, -0.2) is 10.8 Å². The molecule has 2 aromatic rings. The number of carbonyl (C=O) groups excluding carboxylic acids is 1. The first kappa shape index (κ1) is 17.5. The molecule has 4 nitrogen and oxygen atoms in total. The number of fused-ring (bicyclic) bond motifs is 1. The molecule has 1 aromatic heterocycles. The minimum Gasteiger partial charge on any atom is -0.371 e. The van der Waals surface area contributed by atoms with Crippen LogP contribution < -0.4 is 10.6 Å². The smallest absolute Gasteiger partial charge is 0.163 e. The SMILES string of the molecule is CC1(C)CC(=O)C2=C(C1)Nc1ccccc1NC2c1ccccn1.Cl. The summed E-state index contributed by atoms with van der Waals surface area (Å²) in [6.45, 7) is 4.30. The Bertz CT molecular complexity index is 830. The molecule has 0 saturated heterocycles. The van der Waals surface area contributed by atoms with E-state index in [4.69, 9.17) is 0 Å². The summed E-state index contributed by atoms with van der Waals surface area (Å²) in [5.41, 5.74) is 4.68. The van der Waals surface area contributed by atoms with Crippen molar-refractivity contribution < 1.29 is 4.79 Å². The van der Waals surface area contributed by atoms with Crippen LogP contribution in [0.4, 0.5) is 11.4 Å². The summed E-state index contributed by atoms with van der Waals surface area (Å²) in [5.74, 6) is 0.199. The molecule has 25 heavy (non-hydrogen) atoms. The second-order valence-corrected chi connectivity index (χ2v) is 7.34. The molecule has 2 heterocycles. The zero-order chi connectivity index (χ0) is 16.7. The van der Waals surface area contributed by atoms with Crippen molar-refractivity contribution in [3.8, 4) is 0 Å². The molecule has 1 atom stereocenters. The molecular formula is C20H22ClN3O. The van der Waals surface area contributed by atoms with Gasteiger partial charge in [-0.1, -0.05) is 32.0 Å². The van der Waals surface area contributed by atoms with Crippen molar-refractivity contribution in [2.24, 2.45) is 5.41 Å². The van der Waals surface area contributed by atoms with E-state index in [1.165, 1.54) is 0 Å². The molecule has 0 bridgehead atoms. The van der Waals surface area contributed by atoms with Gasteiger partial charge in [-0.25, -0.2) is 0 Å². The number of benzene rings is 1. The lowest BCUT2D eigenvalue weighted by Gasteiger charge is -2.33. The number of allylic oxidation sites excluding steroid dienone is 1. The number of halogens is 1. The van der Waals surface area contributed by atoms with E-state index in [9.17, 15) is 4.79 Å². The number of aromatic nitrogens is 1. The summed E-state index contributed by atoms with van der Waals surface area (Å²) in [6.07, 6.45) is 3.20. The van der Waals surface area contributed by atoms with Crippen molar-refractivity contribution in [3.63, 3.8) is 0 Å². The second kappa shape index (κ2) is 6.52. The molecular weight excluding hydrogens is 334 g/mol. The second-order valence-electron chi connectivity index (χ2n) is 7.34. The number of pyridine rings is 1. The highest BCUT2D eigenvalue weighted by molar-refractivity contribution is 6.01. The molecule has 0 fully saturated rings. The van der Waals surface area contributed by atoms with Crippen molar-refractivity contribution in [1.29, 1.82) is 0 Å². The molecule has 0 spiro atoms. The predicted molar refractivity (Wildman–Crippen MR) is 103 cm³/mol. The third-order valence-electron chi connectivity index (χ3n) is 4.70. The van der Waals surface area contributed by atoms with E-state index in [0.717, 1.165) is 34.8 Å². The van der Waals surface area contributed by atoms with Gasteiger partial charge in [0.05, 0.1) is 23.1 Å². The Balaban J connectivity index is 0.00000182. The maximum Gasteiger partial charge on any atom is 0.163 e. The van der Waals surface area contributed by atoms with Crippen LogP contribution in [0, 0.1) is 5.41 Å². The van der Waals surface area contributed by atoms with Crippen LogP contribution >= 0.6 is 12.4 Å². The van der Waals surface area contributed by atoms with Gasteiger partial charge in [0, 0.05) is 23.9 Å². The summed E-state index contributed by atoms with van der Waals surface area (Å²) in [7, 11) is 0. The van der Waals surface area contributed by atoms with Gasteiger partial charge in [-0.05, 0) is 36.1 Å². The van der Waals surface area contributed by atoms with E-state index in [1.807, 2.05) is 42.5 Å². The topological polar surface area (TPSA) is 54.0 Å². The zero-order valence-corrected chi connectivity index (χ0v) is 15.2. The van der Waals surface area contributed by atoms with Gasteiger partial charge in [0.25, 0.3) is 0 Å². The van der Waals surface area contributed by atoms with E-state index in [2.05, 4.69) is 29.5 Å². The molecule has 1 aliphatic carbocycles. The van der Waals surface area contributed by atoms with E-state index in [1.54, 1.807) is 6.20 Å². The van der Waals surface area contributed by atoms with Crippen molar-refractivity contribution in [2.75, 3.05) is 10.6 Å². The van der Waals surface area contributed by atoms with Gasteiger partial charge in [-0.15, -0.1) is 12.4 Å². The van der Waals surface area contributed by atoms with Crippen molar-refractivity contribution in [3.05, 3.63) is 65.6 Å². The largest absolute Gasteiger partial charge is 0.371 e. The number of hydrogen-bond acceptors (Lipinski definition) is 4.